The molecule has 1 aliphatic heterocycles. The summed E-state index contributed by atoms with van der Waals surface area (Å²) in [6.45, 7) is 4.94. The molecule has 0 radical (unpaired) electrons. The van der Waals surface area contributed by atoms with Gasteiger partial charge in [-0.15, -0.1) is 0 Å². The van der Waals surface area contributed by atoms with Crippen molar-refractivity contribution in [2.45, 2.75) is 50.2 Å². The highest BCUT2D eigenvalue weighted by Crippen LogP contribution is 2.37. The summed E-state index contributed by atoms with van der Waals surface area (Å²) in [5.74, 6) is -0.432. The fourth-order valence-electron chi connectivity index (χ4n) is 6.35. The summed E-state index contributed by atoms with van der Waals surface area (Å²) in [6, 6.07) is 29.7. The highest BCUT2D eigenvalue weighted by Gasteiger charge is 2.36. The fraction of sp³-hybridized carbons (Fsp3) is 0.282. The summed E-state index contributed by atoms with van der Waals surface area (Å²) in [7, 11) is 1.61. The normalized spacial score (nSPS) is 13.7. The number of rotatable bonds is 11. The second-order valence-electron chi connectivity index (χ2n) is 11.9. The van der Waals surface area contributed by atoms with Gasteiger partial charge in [-0.2, -0.15) is 0 Å². The molecule has 1 atom stereocenters. The highest BCUT2D eigenvalue weighted by molar-refractivity contribution is 7.97. The van der Waals surface area contributed by atoms with Crippen molar-refractivity contribution in [3.05, 3.63) is 126 Å². The quantitative estimate of drug-likeness (QED) is 0.106. The average molecular weight is 677 g/mol. The summed E-state index contributed by atoms with van der Waals surface area (Å²) in [5.41, 5.74) is 3.40. The molecule has 3 heterocycles. The van der Waals surface area contributed by atoms with Crippen LogP contribution in [0.2, 0.25) is 0 Å². The minimum Gasteiger partial charge on any atom is -0.497 e. The lowest BCUT2D eigenvalue weighted by atomic mass is 9.98. The van der Waals surface area contributed by atoms with E-state index in [1.807, 2.05) is 70.1 Å². The number of carbonyl (C=O) groups excluding carboxylic acids is 3. The third kappa shape index (κ3) is 7.19. The standard InChI is InChI=1S/C39H40N4O5S/c1-4-48-39(46)32-19-14-22-40-36(32)49-43(27(2)37(44)41-23-12-7-13-24-41)38(45)34-26-30-25-31(47-3)20-21-33(30)42(34)35(28-15-8-5-9-16-28)29-17-10-6-11-18-29/h5-6,8-11,14-22,25-27,35H,4,7,12-13,23-24H2,1-3H3/t27-/m1/s1. The fourth-order valence-corrected chi connectivity index (χ4v) is 7.32. The molecule has 1 aliphatic rings. The van der Waals surface area contributed by atoms with Gasteiger partial charge in [0.25, 0.3) is 5.91 Å². The molecule has 9 nitrogen and oxygen atoms in total. The monoisotopic (exact) mass is 676 g/mol. The molecule has 3 aromatic carbocycles. The molecule has 252 valence electrons. The Morgan fingerprint density at radius 1 is 0.878 bits per heavy atom. The minimum atomic E-state index is -0.874. The van der Waals surface area contributed by atoms with E-state index in [-0.39, 0.29) is 29.1 Å². The van der Waals surface area contributed by atoms with Gasteiger partial charge in [0.1, 0.15) is 22.5 Å². The van der Waals surface area contributed by atoms with Crippen LogP contribution in [0.1, 0.15) is 71.1 Å². The van der Waals surface area contributed by atoms with Gasteiger partial charge in [0.2, 0.25) is 5.91 Å². The summed E-state index contributed by atoms with van der Waals surface area (Å²) in [4.78, 5) is 48.6. The van der Waals surface area contributed by atoms with Crippen molar-refractivity contribution in [1.82, 2.24) is 18.8 Å². The summed E-state index contributed by atoms with van der Waals surface area (Å²) in [5, 5.41) is 1.09. The Hall–Kier alpha value is -5.09. The van der Waals surface area contributed by atoms with Crippen molar-refractivity contribution in [1.29, 1.82) is 0 Å². The first kappa shape index (κ1) is 33.8. The largest absolute Gasteiger partial charge is 0.497 e. The van der Waals surface area contributed by atoms with Crippen LogP contribution in [0, 0.1) is 0 Å². The molecule has 0 N–H and O–H groups in total. The first-order chi connectivity index (χ1) is 23.9. The Morgan fingerprint density at radius 3 is 2.18 bits per heavy atom. The number of amides is 2. The number of likely N-dealkylation sites (tertiary alicyclic amines) is 1. The number of hydrogen-bond donors (Lipinski definition) is 0. The zero-order chi connectivity index (χ0) is 34.3. The number of esters is 1. The number of benzene rings is 3. The molecule has 6 rings (SSSR count). The molecule has 49 heavy (non-hydrogen) atoms. The van der Waals surface area contributed by atoms with Gasteiger partial charge in [0, 0.05) is 42.1 Å². The van der Waals surface area contributed by atoms with Crippen molar-refractivity contribution in [3.63, 3.8) is 0 Å². The molecule has 1 saturated heterocycles. The smallest absolute Gasteiger partial charge is 0.340 e. The van der Waals surface area contributed by atoms with Crippen molar-refractivity contribution in [2.24, 2.45) is 0 Å². The minimum absolute atomic E-state index is 0.152. The van der Waals surface area contributed by atoms with Crippen LogP contribution in [-0.2, 0) is 9.53 Å². The van der Waals surface area contributed by atoms with Crippen molar-refractivity contribution in [2.75, 3.05) is 26.8 Å². The van der Waals surface area contributed by atoms with Gasteiger partial charge in [-0.3, -0.25) is 13.9 Å². The molecule has 0 saturated carbocycles. The third-order valence-corrected chi connectivity index (χ3v) is 9.96. The molecule has 2 amide bonds. The number of piperidine rings is 1. The van der Waals surface area contributed by atoms with E-state index in [0.717, 1.165) is 53.2 Å². The van der Waals surface area contributed by atoms with Gasteiger partial charge in [-0.1, -0.05) is 60.7 Å². The molecule has 0 bridgehead atoms. The number of nitrogens with zero attached hydrogens (tertiary/aromatic N) is 4. The molecule has 2 aromatic heterocycles. The molecular weight excluding hydrogens is 637 g/mol. The van der Waals surface area contributed by atoms with Crippen LogP contribution in [0.25, 0.3) is 10.9 Å². The lowest BCUT2D eigenvalue weighted by Gasteiger charge is -2.34. The maximum atomic E-state index is 15.2. The Morgan fingerprint density at radius 2 is 1.55 bits per heavy atom. The number of carbonyl (C=O) groups is 3. The maximum absolute atomic E-state index is 15.2. The predicted molar refractivity (Wildman–Crippen MR) is 191 cm³/mol. The zero-order valence-electron chi connectivity index (χ0n) is 28.0. The Kier molecular flexibility index (Phi) is 10.6. The van der Waals surface area contributed by atoms with E-state index in [1.165, 1.54) is 4.31 Å². The summed E-state index contributed by atoms with van der Waals surface area (Å²) < 4.78 is 14.4. The van der Waals surface area contributed by atoms with E-state index in [4.69, 9.17) is 9.47 Å². The van der Waals surface area contributed by atoms with Gasteiger partial charge >= 0.3 is 5.97 Å². The average Bonchev–Trinajstić information content (AvgIpc) is 3.52. The van der Waals surface area contributed by atoms with Crippen LogP contribution in [0.3, 0.4) is 0 Å². The van der Waals surface area contributed by atoms with E-state index in [0.29, 0.717) is 24.5 Å². The van der Waals surface area contributed by atoms with Gasteiger partial charge in [-0.05, 0) is 80.6 Å². The third-order valence-electron chi connectivity index (χ3n) is 8.78. The molecule has 1 fully saturated rings. The first-order valence-electron chi connectivity index (χ1n) is 16.6. The van der Waals surface area contributed by atoms with E-state index in [9.17, 15) is 9.59 Å². The van der Waals surface area contributed by atoms with Crippen LogP contribution in [0.15, 0.2) is 108 Å². The lowest BCUT2D eigenvalue weighted by molar-refractivity contribution is -0.135. The van der Waals surface area contributed by atoms with Crippen LogP contribution >= 0.6 is 11.9 Å². The Labute approximate surface area is 291 Å². The Bertz CT molecular complexity index is 1880. The molecular formula is C39H40N4O5S. The highest BCUT2D eigenvalue weighted by atomic mass is 32.2. The maximum Gasteiger partial charge on any atom is 0.340 e. The SMILES string of the molecule is CCOC(=O)c1cccnc1SN(C(=O)c1cc2cc(OC)ccc2n1C(c1ccccc1)c1ccccc1)[C@H](C)C(=O)N1CCCCC1. The second kappa shape index (κ2) is 15.4. The van der Waals surface area contributed by atoms with Crippen LogP contribution < -0.4 is 4.74 Å². The summed E-state index contributed by atoms with van der Waals surface area (Å²) >= 11 is 0.989. The van der Waals surface area contributed by atoms with Crippen molar-refractivity contribution in [3.8, 4) is 5.75 Å². The van der Waals surface area contributed by atoms with Crippen LogP contribution in [0.5, 0.6) is 5.75 Å². The molecule has 0 spiro atoms. The molecule has 5 aromatic rings. The number of hydrogen-bond acceptors (Lipinski definition) is 7. The molecule has 0 aliphatic carbocycles. The van der Waals surface area contributed by atoms with E-state index >= 15 is 4.79 Å². The number of ether oxygens (including phenoxy) is 2. The van der Waals surface area contributed by atoms with Crippen molar-refractivity contribution >= 4 is 40.6 Å². The summed E-state index contributed by atoms with van der Waals surface area (Å²) in [6.07, 6.45) is 4.46. The second-order valence-corrected chi connectivity index (χ2v) is 12.9. The van der Waals surface area contributed by atoms with E-state index < -0.39 is 17.9 Å². The molecule has 0 unspecified atom stereocenters. The molecule has 10 heteroatoms. The number of aromatic nitrogens is 2. The number of pyridine rings is 1. The number of methoxy groups -OCH3 is 1. The van der Waals surface area contributed by atoms with Gasteiger partial charge in [0.05, 0.1) is 25.3 Å². The van der Waals surface area contributed by atoms with Crippen LogP contribution in [0.4, 0.5) is 0 Å². The van der Waals surface area contributed by atoms with Gasteiger partial charge < -0.3 is 18.9 Å². The first-order valence-corrected chi connectivity index (χ1v) is 17.4. The topological polar surface area (TPSA) is 94.0 Å². The zero-order valence-corrected chi connectivity index (χ0v) is 28.8. The predicted octanol–water partition coefficient (Wildman–Crippen LogP) is 7.41. The Balaban J connectivity index is 1.54. The van der Waals surface area contributed by atoms with E-state index in [2.05, 4.69) is 29.2 Å². The van der Waals surface area contributed by atoms with Crippen LogP contribution in [-0.4, -0.2) is 69.4 Å². The van der Waals surface area contributed by atoms with E-state index in [1.54, 1.807) is 39.3 Å². The number of fused-ring (bicyclic) bond motifs is 1. The van der Waals surface area contributed by atoms with Gasteiger partial charge in [0.15, 0.2) is 0 Å². The lowest BCUT2D eigenvalue weighted by Crippen LogP contribution is -2.48. The van der Waals surface area contributed by atoms with Crippen molar-refractivity contribution < 1.29 is 23.9 Å². The van der Waals surface area contributed by atoms with Gasteiger partial charge in [-0.25, -0.2) is 9.78 Å².